The second-order valence-electron chi connectivity index (χ2n) is 2.36. The topological polar surface area (TPSA) is 17.8 Å². The number of rotatable bonds is 1. The van der Waals surface area contributed by atoms with Crippen LogP contribution in [0.1, 0.15) is 13.0 Å². The summed E-state index contributed by atoms with van der Waals surface area (Å²) < 4.78 is 37.6. The maximum Gasteiger partial charge on any atom is 0.410 e. The van der Waals surface area contributed by atoms with E-state index in [1.54, 1.807) is 0 Å². The highest BCUT2D eigenvalue weighted by Crippen LogP contribution is 2.29. The van der Waals surface area contributed by atoms with Gasteiger partial charge in [-0.25, -0.2) is 0 Å². The van der Waals surface area contributed by atoms with Crippen molar-refractivity contribution in [1.29, 1.82) is 0 Å². The van der Waals surface area contributed by atoms with Gasteiger partial charge in [-0.2, -0.15) is 18.3 Å². The first-order valence-corrected chi connectivity index (χ1v) is 3.97. The number of aromatic nitrogens is 2. The molecule has 0 aliphatic rings. The largest absolute Gasteiger partial charge is 0.410 e. The van der Waals surface area contributed by atoms with Crippen molar-refractivity contribution in [3.63, 3.8) is 0 Å². The third-order valence-electron chi connectivity index (χ3n) is 1.44. The van der Waals surface area contributed by atoms with Gasteiger partial charge in [-0.1, -0.05) is 0 Å². The second kappa shape index (κ2) is 3.08. The minimum atomic E-state index is -4.24. The van der Waals surface area contributed by atoms with E-state index in [0.29, 0.717) is 4.47 Å². The Hall–Kier alpha value is -0.520. The van der Waals surface area contributed by atoms with Crippen LogP contribution < -0.4 is 0 Å². The Labute approximate surface area is 75.5 Å². The predicted molar refractivity (Wildman–Crippen MR) is 40.7 cm³/mol. The molecule has 68 valence electrons. The van der Waals surface area contributed by atoms with E-state index in [0.717, 1.165) is 11.6 Å². The fraction of sp³-hybridized carbons (Fsp3) is 0.500. The van der Waals surface area contributed by atoms with Crippen molar-refractivity contribution in [2.75, 3.05) is 0 Å². The number of hydrogen-bond donors (Lipinski definition) is 0. The summed E-state index contributed by atoms with van der Waals surface area (Å²) in [5, 5.41) is 3.53. The lowest BCUT2D eigenvalue weighted by Gasteiger charge is -2.15. The Morgan fingerprint density at radius 1 is 1.58 bits per heavy atom. The molecule has 12 heavy (non-hydrogen) atoms. The van der Waals surface area contributed by atoms with Crippen molar-refractivity contribution >= 4 is 15.9 Å². The lowest BCUT2D eigenvalue weighted by atomic mass is 10.3. The molecule has 0 bridgehead atoms. The molecule has 1 aromatic rings. The Kier molecular flexibility index (Phi) is 2.46. The quantitative estimate of drug-likeness (QED) is 0.741. The normalized spacial score (nSPS) is 14.8. The highest BCUT2D eigenvalue weighted by Gasteiger charge is 2.37. The Bertz CT molecular complexity index is 268. The molecule has 0 aromatic carbocycles. The number of alkyl halides is 3. The van der Waals surface area contributed by atoms with Crippen LogP contribution in [0.3, 0.4) is 0 Å². The SMILES string of the molecule is CC(n1cc(Br)cn1)C(F)(F)F. The number of hydrogen-bond acceptors (Lipinski definition) is 1. The molecule has 0 fully saturated rings. The molecule has 0 N–H and O–H groups in total. The Morgan fingerprint density at radius 2 is 2.17 bits per heavy atom. The summed E-state index contributed by atoms with van der Waals surface area (Å²) in [7, 11) is 0. The van der Waals surface area contributed by atoms with Crippen LogP contribution in [0.25, 0.3) is 0 Å². The maximum atomic E-state index is 12.1. The summed E-state index contributed by atoms with van der Waals surface area (Å²) in [5.74, 6) is 0. The van der Waals surface area contributed by atoms with Crippen molar-refractivity contribution in [2.45, 2.75) is 19.1 Å². The van der Waals surface area contributed by atoms with Gasteiger partial charge in [0.05, 0.1) is 10.7 Å². The van der Waals surface area contributed by atoms with Crippen LogP contribution in [0, 0.1) is 0 Å². The monoisotopic (exact) mass is 242 g/mol. The molecule has 0 spiro atoms. The summed E-state index contributed by atoms with van der Waals surface area (Å²) in [4.78, 5) is 0. The molecule has 0 amide bonds. The van der Waals surface area contributed by atoms with E-state index < -0.39 is 12.2 Å². The van der Waals surface area contributed by atoms with Gasteiger partial charge in [-0.3, -0.25) is 4.68 Å². The highest BCUT2D eigenvalue weighted by molar-refractivity contribution is 9.10. The van der Waals surface area contributed by atoms with Crippen molar-refractivity contribution in [2.24, 2.45) is 0 Å². The minimum absolute atomic E-state index is 0.540. The molecule has 0 saturated heterocycles. The zero-order valence-electron chi connectivity index (χ0n) is 6.14. The molecule has 1 heterocycles. The molecule has 1 atom stereocenters. The van der Waals surface area contributed by atoms with E-state index >= 15 is 0 Å². The molecule has 0 aliphatic heterocycles. The summed E-state index contributed by atoms with van der Waals surface area (Å²) in [6, 6.07) is -1.58. The van der Waals surface area contributed by atoms with Gasteiger partial charge >= 0.3 is 6.18 Å². The Morgan fingerprint density at radius 3 is 2.50 bits per heavy atom. The standard InChI is InChI=1S/C6H6BrF3N2/c1-4(6(8,9)10)12-3-5(7)2-11-12/h2-4H,1H3. The number of nitrogens with zero attached hydrogens (tertiary/aromatic N) is 2. The van der Waals surface area contributed by atoms with E-state index in [9.17, 15) is 13.2 Å². The summed E-state index contributed by atoms with van der Waals surface area (Å²) in [6.07, 6.45) is -1.63. The summed E-state index contributed by atoms with van der Waals surface area (Å²) in [5.41, 5.74) is 0. The van der Waals surface area contributed by atoms with Crippen LogP contribution in [0.15, 0.2) is 16.9 Å². The zero-order chi connectivity index (χ0) is 9.35. The van der Waals surface area contributed by atoms with Crippen LogP contribution in [0.2, 0.25) is 0 Å². The van der Waals surface area contributed by atoms with E-state index in [2.05, 4.69) is 21.0 Å². The molecule has 6 heteroatoms. The van der Waals surface area contributed by atoms with E-state index in [1.165, 1.54) is 12.4 Å². The van der Waals surface area contributed by atoms with Crippen LogP contribution in [0.4, 0.5) is 13.2 Å². The minimum Gasteiger partial charge on any atom is -0.260 e. The third kappa shape index (κ3) is 2.00. The number of halogens is 4. The highest BCUT2D eigenvalue weighted by atomic mass is 79.9. The van der Waals surface area contributed by atoms with Crippen LogP contribution in [0.5, 0.6) is 0 Å². The van der Waals surface area contributed by atoms with Crippen molar-refractivity contribution in [3.05, 3.63) is 16.9 Å². The molecular weight excluding hydrogens is 237 g/mol. The summed E-state index contributed by atoms with van der Waals surface area (Å²) in [6.45, 7) is 1.06. The van der Waals surface area contributed by atoms with E-state index in [1.807, 2.05) is 0 Å². The first-order chi connectivity index (χ1) is 5.41. The van der Waals surface area contributed by atoms with Gasteiger partial charge in [0.1, 0.15) is 6.04 Å². The molecular formula is C6H6BrF3N2. The molecule has 1 aromatic heterocycles. The summed E-state index contributed by atoms with van der Waals surface area (Å²) >= 11 is 3.02. The van der Waals surface area contributed by atoms with Gasteiger partial charge in [0.15, 0.2) is 0 Å². The van der Waals surface area contributed by atoms with E-state index in [-0.39, 0.29) is 0 Å². The van der Waals surface area contributed by atoms with Gasteiger partial charge in [0.2, 0.25) is 0 Å². The fourth-order valence-corrected chi connectivity index (χ4v) is 0.978. The van der Waals surface area contributed by atoms with Gasteiger partial charge in [-0.05, 0) is 22.9 Å². The molecule has 0 radical (unpaired) electrons. The lowest BCUT2D eigenvalue weighted by Crippen LogP contribution is -2.23. The van der Waals surface area contributed by atoms with Gasteiger partial charge < -0.3 is 0 Å². The molecule has 1 rings (SSSR count). The van der Waals surface area contributed by atoms with Crippen molar-refractivity contribution in [3.8, 4) is 0 Å². The smallest absolute Gasteiger partial charge is 0.260 e. The second-order valence-corrected chi connectivity index (χ2v) is 3.27. The van der Waals surface area contributed by atoms with E-state index in [4.69, 9.17) is 0 Å². The average Bonchev–Trinajstić information content (AvgIpc) is 2.32. The fourth-order valence-electron chi connectivity index (χ4n) is 0.677. The lowest BCUT2D eigenvalue weighted by molar-refractivity contribution is -0.165. The van der Waals surface area contributed by atoms with Crippen LogP contribution in [-0.4, -0.2) is 16.0 Å². The molecule has 1 unspecified atom stereocenters. The average molecular weight is 243 g/mol. The first kappa shape index (κ1) is 9.57. The zero-order valence-corrected chi connectivity index (χ0v) is 7.72. The van der Waals surface area contributed by atoms with Crippen LogP contribution in [-0.2, 0) is 0 Å². The molecule has 2 nitrogen and oxygen atoms in total. The van der Waals surface area contributed by atoms with Gasteiger partial charge in [-0.15, -0.1) is 0 Å². The van der Waals surface area contributed by atoms with Crippen molar-refractivity contribution in [1.82, 2.24) is 9.78 Å². The first-order valence-electron chi connectivity index (χ1n) is 3.17. The van der Waals surface area contributed by atoms with Gasteiger partial charge in [0.25, 0.3) is 0 Å². The predicted octanol–water partition coefficient (Wildman–Crippen LogP) is 2.77. The Balaban J connectivity index is 2.85. The van der Waals surface area contributed by atoms with Crippen molar-refractivity contribution < 1.29 is 13.2 Å². The molecule has 0 aliphatic carbocycles. The third-order valence-corrected chi connectivity index (χ3v) is 1.85. The molecule has 0 saturated carbocycles. The van der Waals surface area contributed by atoms with Crippen LogP contribution >= 0.6 is 15.9 Å². The van der Waals surface area contributed by atoms with Gasteiger partial charge in [0, 0.05) is 6.20 Å². The maximum absolute atomic E-state index is 12.1.